The number of nitrogens with zero attached hydrogens (tertiary/aromatic N) is 3. The van der Waals surface area contributed by atoms with Crippen LogP contribution in [0.4, 0.5) is 13.2 Å². The topological polar surface area (TPSA) is 38.1 Å². The predicted octanol–water partition coefficient (Wildman–Crippen LogP) is 4.46. The molecule has 0 atom stereocenters. The summed E-state index contributed by atoms with van der Waals surface area (Å²) in [7, 11) is 1.56. The Bertz CT molecular complexity index is 774. The van der Waals surface area contributed by atoms with Crippen LogP contribution in [0.3, 0.4) is 0 Å². The van der Waals surface area contributed by atoms with Crippen molar-refractivity contribution >= 4 is 5.91 Å². The minimum Gasteiger partial charge on any atom is -0.341 e. The fourth-order valence-corrected chi connectivity index (χ4v) is 3.53. The lowest BCUT2D eigenvalue weighted by molar-refractivity contribution is -0.143. The summed E-state index contributed by atoms with van der Waals surface area (Å²) in [5.41, 5.74) is -0.217. The Balaban J connectivity index is 1.94. The second kappa shape index (κ2) is 7.13. The average Bonchev–Trinajstić information content (AvgIpc) is 3.23. The zero-order valence-electron chi connectivity index (χ0n) is 14.9. The van der Waals surface area contributed by atoms with Crippen LogP contribution >= 0.6 is 0 Å². The van der Waals surface area contributed by atoms with E-state index >= 15 is 0 Å². The molecule has 26 heavy (non-hydrogen) atoms. The Hall–Kier alpha value is -2.31. The molecule has 1 heterocycles. The molecule has 0 radical (unpaired) electrons. The van der Waals surface area contributed by atoms with Gasteiger partial charge in [0.05, 0.1) is 17.4 Å². The van der Waals surface area contributed by atoms with Crippen molar-refractivity contribution in [3.05, 3.63) is 47.3 Å². The van der Waals surface area contributed by atoms with Crippen LogP contribution < -0.4 is 0 Å². The highest BCUT2D eigenvalue weighted by atomic mass is 19.4. The Morgan fingerprint density at radius 3 is 2.42 bits per heavy atom. The molecule has 1 fully saturated rings. The molecule has 3 rings (SSSR count). The fourth-order valence-electron chi connectivity index (χ4n) is 3.53. The highest BCUT2D eigenvalue weighted by Gasteiger charge is 2.41. The van der Waals surface area contributed by atoms with E-state index in [2.05, 4.69) is 5.10 Å². The van der Waals surface area contributed by atoms with Gasteiger partial charge in [-0.05, 0) is 37.8 Å². The number of hydrogen-bond donors (Lipinski definition) is 0. The highest BCUT2D eigenvalue weighted by Crippen LogP contribution is 2.34. The van der Waals surface area contributed by atoms with Crippen LogP contribution in [0.15, 0.2) is 30.5 Å². The summed E-state index contributed by atoms with van der Waals surface area (Å²) >= 11 is 0. The third kappa shape index (κ3) is 3.76. The number of amides is 1. The average molecular weight is 365 g/mol. The number of alkyl halides is 3. The summed E-state index contributed by atoms with van der Waals surface area (Å²) in [4.78, 5) is 14.1. The molecule has 1 amide bonds. The minimum atomic E-state index is -4.68. The standard InChI is InChI=1S/C19H22F3N3O/c1-13-7-9-15(10-8-13)25-17(19(20,21)22)16(11-23-25)18(26)24(2)12-14-5-3-4-6-14/h7-11,14H,3-6,12H2,1-2H3. The molecule has 1 saturated carbocycles. The van der Waals surface area contributed by atoms with Gasteiger partial charge >= 0.3 is 6.18 Å². The summed E-state index contributed by atoms with van der Waals surface area (Å²) < 4.78 is 41.9. The van der Waals surface area contributed by atoms with Crippen LogP contribution in [0.25, 0.3) is 5.69 Å². The van der Waals surface area contributed by atoms with Crippen molar-refractivity contribution in [2.75, 3.05) is 13.6 Å². The van der Waals surface area contributed by atoms with Crippen molar-refractivity contribution in [2.45, 2.75) is 38.8 Å². The van der Waals surface area contributed by atoms with E-state index in [1.54, 1.807) is 31.3 Å². The van der Waals surface area contributed by atoms with E-state index in [0.29, 0.717) is 12.5 Å². The van der Waals surface area contributed by atoms with Crippen molar-refractivity contribution in [2.24, 2.45) is 5.92 Å². The van der Waals surface area contributed by atoms with E-state index in [1.807, 2.05) is 6.92 Å². The van der Waals surface area contributed by atoms with E-state index in [0.717, 1.165) is 42.1 Å². The molecular formula is C19H22F3N3O. The van der Waals surface area contributed by atoms with Crippen molar-refractivity contribution in [1.82, 2.24) is 14.7 Å². The largest absolute Gasteiger partial charge is 0.434 e. The molecule has 140 valence electrons. The summed E-state index contributed by atoms with van der Waals surface area (Å²) in [5, 5.41) is 3.87. The molecule has 1 aromatic heterocycles. The Morgan fingerprint density at radius 2 is 1.85 bits per heavy atom. The van der Waals surface area contributed by atoms with Crippen LogP contribution in [-0.4, -0.2) is 34.2 Å². The first-order chi connectivity index (χ1) is 12.3. The van der Waals surface area contributed by atoms with Gasteiger partial charge in [0, 0.05) is 13.6 Å². The maximum Gasteiger partial charge on any atom is 0.434 e. The van der Waals surface area contributed by atoms with Gasteiger partial charge in [0.15, 0.2) is 5.69 Å². The molecule has 7 heteroatoms. The Labute approximate surface area is 150 Å². The Kier molecular flexibility index (Phi) is 5.07. The van der Waals surface area contributed by atoms with E-state index in [4.69, 9.17) is 0 Å². The van der Waals surface area contributed by atoms with Gasteiger partial charge in [-0.2, -0.15) is 18.3 Å². The maximum atomic E-state index is 13.7. The molecule has 0 bridgehead atoms. The molecule has 0 aliphatic heterocycles. The number of hydrogen-bond acceptors (Lipinski definition) is 2. The number of carbonyl (C=O) groups excluding carboxylic acids is 1. The van der Waals surface area contributed by atoms with Gasteiger partial charge in [0.25, 0.3) is 5.91 Å². The first kappa shape index (κ1) is 18.5. The van der Waals surface area contributed by atoms with Gasteiger partial charge in [0.1, 0.15) is 0 Å². The molecule has 0 unspecified atom stereocenters. The second-order valence-corrected chi connectivity index (χ2v) is 6.99. The van der Waals surface area contributed by atoms with Gasteiger partial charge in [-0.1, -0.05) is 30.5 Å². The van der Waals surface area contributed by atoms with Crippen molar-refractivity contribution < 1.29 is 18.0 Å². The zero-order chi connectivity index (χ0) is 18.9. The number of rotatable bonds is 4. The van der Waals surface area contributed by atoms with Crippen LogP contribution in [0.5, 0.6) is 0 Å². The van der Waals surface area contributed by atoms with Crippen LogP contribution in [0.1, 0.15) is 47.3 Å². The highest BCUT2D eigenvalue weighted by molar-refractivity contribution is 5.95. The molecule has 1 aliphatic carbocycles. The molecule has 2 aromatic rings. The number of aryl methyl sites for hydroxylation is 1. The smallest absolute Gasteiger partial charge is 0.341 e. The van der Waals surface area contributed by atoms with Crippen molar-refractivity contribution in [3.63, 3.8) is 0 Å². The number of aromatic nitrogens is 2. The molecule has 1 aromatic carbocycles. The SMILES string of the molecule is Cc1ccc(-n2ncc(C(=O)N(C)CC3CCCC3)c2C(F)(F)F)cc1. The molecule has 1 aliphatic rings. The van der Waals surface area contributed by atoms with Gasteiger partial charge < -0.3 is 4.90 Å². The molecular weight excluding hydrogens is 343 g/mol. The van der Waals surface area contributed by atoms with Gasteiger partial charge in [0.2, 0.25) is 0 Å². The van der Waals surface area contributed by atoms with Gasteiger partial charge in [-0.3, -0.25) is 4.79 Å². The van der Waals surface area contributed by atoms with E-state index in [1.165, 1.54) is 4.90 Å². The van der Waals surface area contributed by atoms with Gasteiger partial charge in [-0.15, -0.1) is 0 Å². The van der Waals surface area contributed by atoms with Crippen molar-refractivity contribution in [3.8, 4) is 5.69 Å². The predicted molar refractivity (Wildman–Crippen MR) is 92.2 cm³/mol. The zero-order valence-corrected chi connectivity index (χ0v) is 14.9. The third-order valence-electron chi connectivity index (χ3n) is 4.90. The summed E-state index contributed by atoms with van der Waals surface area (Å²) in [5.74, 6) is -0.270. The quantitative estimate of drug-likeness (QED) is 0.802. The monoisotopic (exact) mass is 365 g/mol. The van der Waals surface area contributed by atoms with Crippen LogP contribution in [0, 0.1) is 12.8 Å². The molecule has 0 spiro atoms. The number of halogens is 3. The fraction of sp³-hybridized carbons (Fsp3) is 0.474. The van der Waals surface area contributed by atoms with Crippen LogP contribution in [-0.2, 0) is 6.18 Å². The first-order valence-corrected chi connectivity index (χ1v) is 8.75. The normalized spacial score (nSPS) is 15.4. The van der Waals surface area contributed by atoms with E-state index < -0.39 is 23.3 Å². The Morgan fingerprint density at radius 1 is 1.23 bits per heavy atom. The summed E-state index contributed by atoms with van der Waals surface area (Å²) in [6.45, 7) is 2.33. The lowest BCUT2D eigenvalue weighted by Gasteiger charge is -2.21. The van der Waals surface area contributed by atoms with Crippen LogP contribution in [0.2, 0.25) is 0 Å². The molecule has 0 saturated heterocycles. The summed E-state index contributed by atoms with van der Waals surface area (Å²) in [6, 6.07) is 6.55. The first-order valence-electron chi connectivity index (χ1n) is 8.75. The van der Waals surface area contributed by atoms with Crippen molar-refractivity contribution in [1.29, 1.82) is 0 Å². The molecule has 4 nitrogen and oxygen atoms in total. The summed E-state index contributed by atoms with van der Waals surface area (Å²) in [6.07, 6.45) is 0.618. The third-order valence-corrected chi connectivity index (χ3v) is 4.90. The van der Waals surface area contributed by atoms with Gasteiger partial charge in [-0.25, -0.2) is 4.68 Å². The lowest BCUT2D eigenvalue weighted by atomic mass is 10.1. The minimum absolute atomic E-state index is 0.278. The molecule has 0 N–H and O–H groups in total. The lowest BCUT2D eigenvalue weighted by Crippen LogP contribution is -2.32. The van der Waals surface area contributed by atoms with E-state index in [9.17, 15) is 18.0 Å². The number of carbonyl (C=O) groups is 1. The maximum absolute atomic E-state index is 13.7. The van der Waals surface area contributed by atoms with E-state index in [-0.39, 0.29) is 5.69 Å². The second-order valence-electron chi connectivity index (χ2n) is 6.99. The number of benzene rings is 1.